The molecule has 0 aliphatic rings. The highest BCUT2D eigenvalue weighted by molar-refractivity contribution is 5.72. The van der Waals surface area contributed by atoms with Crippen LogP contribution in [0, 0.1) is 0 Å². The molecule has 5 heteroatoms. The summed E-state index contributed by atoms with van der Waals surface area (Å²) in [5.41, 5.74) is 7.75. The monoisotopic (exact) mass is 208 g/mol. The standard InChI is InChI=1S/C10H12N2O3/c11-7(5-13)3-6-1-2-9-8(4-6)12-10(14)15-9/h1-2,4,7,13H,3,5,11H2,(H,12,14). The molecule has 2 aromatic rings. The maximum absolute atomic E-state index is 10.9. The zero-order chi connectivity index (χ0) is 10.8. The predicted octanol–water partition coefficient (Wildman–Crippen LogP) is -0.0168. The van der Waals surface area contributed by atoms with E-state index in [2.05, 4.69) is 4.98 Å². The first-order chi connectivity index (χ1) is 7.19. The van der Waals surface area contributed by atoms with E-state index in [4.69, 9.17) is 15.3 Å². The molecular weight excluding hydrogens is 196 g/mol. The number of H-pyrrole nitrogens is 1. The minimum absolute atomic E-state index is 0.0556. The first-order valence-corrected chi connectivity index (χ1v) is 4.67. The van der Waals surface area contributed by atoms with Gasteiger partial charge < -0.3 is 15.3 Å². The van der Waals surface area contributed by atoms with Gasteiger partial charge in [0.2, 0.25) is 0 Å². The summed E-state index contributed by atoms with van der Waals surface area (Å²) in [5.74, 6) is -0.464. The largest absolute Gasteiger partial charge is 0.417 e. The van der Waals surface area contributed by atoms with Crippen LogP contribution in [0.1, 0.15) is 5.56 Å². The molecule has 0 fully saturated rings. The van der Waals surface area contributed by atoms with Crippen molar-refractivity contribution in [3.05, 3.63) is 34.3 Å². The normalized spacial score (nSPS) is 13.2. The molecule has 0 aliphatic heterocycles. The van der Waals surface area contributed by atoms with Crippen molar-refractivity contribution in [2.45, 2.75) is 12.5 Å². The molecule has 0 spiro atoms. The summed E-state index contributed by atoms with van der Waals surface area (Å²) in [6, 6.07) is 5.07. The zero-order valence-electron chi connectivity index (χ0n) is 8.06. The molecule has 4 N–H and O–H groups in total. The summed E-state index contributed by atoms with van der Waals surface area (Å²) in [6.45, 7) is -0.0556. The highest BCUT2D eigenvalue weighted by Crippen LogP contribution is 2.13. The van der Waals surface area contributed by atoms with Crippen molar-refractivity contribution in [2.75, 3.05) is 6.61 Å². The maximum atomic E-state index is 10.9. The van der Waals surface area contributed by atoms with E-state index >= 15 is 0 Å². The van der Waals surface area contributed by atoms with Gasteiger partial charge in [0.05, 0.1) is 12.1 Å². The molecule has 0 radical (unpaired) electrons. The molecule has 1 aromatic carbocycles. The highest BCUT2D eigenvalue weighted by atomic mass is 16.4. The van der Waals surface area contributed by atoms with Crippen LogP contribution in [0.3, 0.4) is 0 Å². The summed E-state index contributed by atoms with van der Waals surface area (Å²) in [7, 11) is 0. The van der Waals surface area contributed by atoms with Gasteiger partial charge in [0.1, 0.15) is 0 Å². The second kappa shape index (κ2) is 3.88. The van der Waals surface area contributed by atoms with Crippen molar-refractivity contribution in [1.29, 1.82) is 0 Å². The lowest BCUT2D eigenvalue weighted by Crippen LogP contribution is -2.26. The fraction of sp³-hybridized carbons (Fsp3) is 0.300. The third-order valence-corrected chi connectivity index (χ3v) is 2.22. The number of rotatable bonds is 3. The average Bonchev–Trinajstić information content (AvgIpc) is 2.57. The number of aliphatic hydroxyl groups excluding tert-OH is 1. The topological polar surface area (TPSA) is 92.2 Å². The number of aromatic nitrogens is 1. The summed E-state index contributed by atoms with van der Waals surface area (Å²) in [5, 5.41) is 8.81. The number of nitrogens with two attached hydrogens (primary N) is 1. The predicted molar refractivity (Wildman–Crippen MR) is 55.6 cm³/mol. The Kier molecular flexibility index (Phi) is 2.57. The van der Waals surface area contributed by atoms with E-state index in [1.54, 1.807) is 12.1 Å². The molecule has 2 rings (SSSR count). The van der Waals surface area contributed by atoms with E-state index < -0.39 is 5.76 Å². The molecule has 0 bridgehead atoms. The lowest BCUT2D eigenvalue weighted by molar-refractivity contribution is 0.265. The van der Waals surface area contributed by atoms with Crippen LogP contribution >= 0.6 is 0 Å². The summed E-state index contributed by atoms with van der Waals surface area (Å²) in [6.07, 6.45) is 0.569. The SMILES string of the molecule is NC(CO)Cc1ccc2oc(=O)[nH]c2c1. The molecule has 1 heterocycles. The minimum Gasteiger partial charge on any atom is -0.408 e. The second-order valence-electron chi connectivity index (χ2n) is 3.49. The second-order valence-corrected chi connectivity index (χ2v) is 3.49. The highest BCUT2D eigenvalue weighted by Gasteiger charge is 2.05. The van der Waals surface area contributed by atoms with Crippen LogP contribution in [0.25, 0.3) is 11.1 Å². The Morgan fingerprint density at radius 1 is 1.53 bits per heavy atom. The number of fused-ring (bicyclic) bond motifs is 1. The lowest BCUT2D eigenvalue weighted by Gasteiger charge is -2.07. The third kappa shape index (κ3) is 2.08. The molecule has 5 nitrogen and oxygen atoms in total. The van der Waals surface area contributed by atoms with Gasteiger partial charge >= 0.3 is 5.76 Å². The molecule has 0 aliphatic carbocycles. The van der Waals surface area contributed by atoms with Gasteiger partial charge in [0.15, 0.2) is 5.58 Å². The number of aliphatic hydroxyl groups is 1. The number of hydrogen-bond acceptors (Lipinski definition) is 4. The van der Waals surface area contributed by atoms with Crippen molar-refractivity contribution in [3.63, 3.8) is 0 Å². The van der Waals surface area contributed by atoms with Gasteiger partial charge in [0.25, 0.3) is 0 Å². The quantitative estimate of drug-likeness (QED) is 0.661. The number of oxazole rings is 1. The first kappa shape index (κ1) is 9.95. The van der Waals surface area contributed by atoms with E-state index in [0.29, 0.717) is 17.5 Å². The van der Waals surface area contributed by atoms with Crippen LogP contribution in [0.15, 0.2) is 27.4 Å². The number of benzene rings is 1. The maximum Gasteiger partial charge on any atom is 0.417 e. The Balaban J connectivity index is 2.34. The molecular formula is C10H12N2O3. The molecule has 1 unspecified atom stereocenters. The van der Waals surface area contributed by atoms with Gasteiger partial charge in [-0.1, -0.05) is 6.07 Å². The molecule has 0 saturated carbocycles. The number of hydrogen-bond donors (Lipinski definition) is 3. The third-order valence-electron chi connectivity index (χ3n) is 2.22. The van der Waals surface area contributed by atoms with E-state index in [1.807, 2.05) is 6.07 Å². The van der Waals surface area contributed by atoms with E-state index in [1.165, 1.54) is 0 Å². The lowest BCUT2D eigenvalue weighted by atomic mass is 10.1. The Bertz CT molecular complexity index is 515. The van der Waals surface area contributed by atoms with Crippen molar-refractivity contribution < 1.29 is 9.52 Å². The van der Waals surface area contributed by atoms with E-state index in [0.717, 1.165) is 5.56 Å². The number of nitrogens with one attached hydrogen (secondary N) is 1. The van der Waals surface area contributed by atoms with Crippen LogP contribution in [0.5, 0.6) is 0 Å². The minimum atomic E-state index is -0.464. The average molecular weight is 208 g/mol. The van der Waals surface area contributed by atoms with Crippen molar-refractivity contribution in [3.8, 4) is 0 Å². The van der Waals surface area contributed by atoms with Crippen molar-refractivity contribution in [1.82, 2.24) is 4.98 Å². The Morgan fingerprint density at radius 3 is 3.07 bits per heavy atom. The van der Waals surface area contributed by atoms with Crippen molar-refractivity contribution in [2.24, 2.45) is 5.73 Å². The van der Waals surface area contributed by atoms with E-state index in [9.17, 15) is 4.79 Å². The first-order valence-electron chi connectivity index (χ1n) is 4.67. The smallest absolute Gasteiger partial charge is 0.408 e. The van der Waals surface area contributed by atoms with Crippen molar-refractivity contribution >= 4 is 11.1 Å². The van der Waals surface area contributed by atoms with Gasteiger partial charge in [0, 0.05) is 6.04 Å². The van der Waals surface area contributed by atoms with Crippen LogP contribution < -0.4 is 11.5 Å². The molecule has 1 aromatic heterocycles. The van der Waals surface area contributed by atoms with Crippen LogP contribution in [-0.2, 0) is 6.42 Å². The van der Waals surface area contributed by atoms with Gasteiger partial charge in [-0.3, -0.25) is 4.98 Å². The Hall–Kier alpha value is -1.59. The Morgan fingerprint density at radius 2 is 2.33 bits per heavy atom. The fourth-order valence-electron chi connectivity index (χ4n) is 1.49. The van der Waals surface area contributed by atoms with E-state index in [-0.39, 0.29) is 12.6 Å². The Labute approximate surface area is 85.5 Å². The summed E-state index contributed by atoms with van der Waals surface area (Å²) in [4.78, 5) is 13.5. The van der Waals surface area contributed by atoms with Gasteiger partial charge in [-0.25, -0.2) is 4.79 Å². The molecule has 0 amide bonds. The zero-order valence-corrected chi connectivity index (χ0v) is 8.06. The molecule has 1 atom stereocenters. The fourth-order valence-corrected chi connectivity index (χ4v) is 1.49. The van der Waals surface area contributed by atoms with Crippen LogP contribution in [0.2, 0.25) is 0 Å². The number of aromatic amines is 1. The van der Waals surface area contributed by atoms with Gasteiger partial charge in [-0.15, -0.1) is 0 Å². The molecule has 0 saturated heterocycles. The van der Waals surface area contributed by atoms with Crippen LogP contribution in [-0.4, -0.2) is 22.7 Å². The van der Waals surface area contributed by atoms with Gasteiger partial charge in [-0.2, -0.15) is 0 Å². The molecule has 80 valence electrons. The summed E-state index contributed by atoms with van der Waals surface area (Å²) < 4.78 is 4.86. The molecule has 15 heavy (non-hydrogen) atoms. The van der Waals surface area contributed by atoms with Gasteiger partial charge in [-0.05, 0) is 24.1 Å². The summed E-state index contributed by atoms with van der Waals surface area (Å²) >= 11 is 0. The van der Waals surface area contributed by atoms with Crippen LogP contribution in [0.4, 0.5) is 0 Å².